The third-order valence-corrected chi connectivity index (χ3v) is 19.3. The predicted octanol–water partition coefficient (Wildman–Crippen LogP) is 8.55. The second kappa shape index (κ2) is 23.5. The van der Waals surface area contributed by atoms with Crippen LogP contribution in [0.3, 0.4) is 0 Å². The van der Waals surface area contributed by atoms with E-state index >= 15 is 0 Å². The third kappa shape index (κ3) is 12.8. The lowest BCUT2D eigenvalue weighted by atomic mass is 9.49. The van der Waals surface area contributed by atoms with E-state index in [1.807, 2.05) is 44.2 Å². The number of anilines is 4. The number of β-amino-alcohol motifs (C(OH)–C–C–N with tert-alkyl or cyclic N) is 1. The fourth-order valence-corrected chi connectivity index (χ4v) is 15.1. The average molecular weight is 1150 g/mol. The number of aliphatic hydroxyl groups excluding tert-OH is 1. The Morgan fingerprint density at radius 1 is 0.890 bits per heavy atom. The number of likely N-dealkylation sites (tertiary alicyclic amines) is 1. The molecule has 2 aromatic carbocycles. The number of nitrogens with one attached hydrogen (secondary N) is 4. The van der Waals surface area contributed by atoms with Crippen molar-refractivity contribution in [2.45, 2.75) is 143 Å². The third-order valence-electron chi connectivity index (χ3n) is 17.1. The Bertz CT molecular complexity index is 3480. The van der Waals surface area contributed by atoms with E-state index in [0.717, 1.165) is 51.3 Å². The minimum absolute atomic E-state index is 0.0172. The number of rotatable bonds is 20. The molecule has 11 rings (SSSR count). The molecule has 1 aliphatic heterocycles. The molecule has 4 aliphatic carbocycles. The smallest absolute Gasteiger partial charge is 0.284 e. The van der Waals surface area contributed by atoms with E-state index in [-0.39, 0.29) is 43.3 Å². The molecule has 5 fully saturated rings. The van der Waals surface area contributed by atoms with Crippen LogP contribution in [0.4, 0.5) is 22.6 Å². The van der Waals surface area contributed by atoms with Crippen LogP contribution in [0.5, 0.6) is 0 Å². The van der Waals surface area contributed by atoms with Gasteiger partial charge in [-0.05, 0) is 154 Å². The average Bonchev–Trinajstić information content (AvgIpc) is 4.29. The molecule has 5 heterocycles. The van der Waals surface area contributed by atoms with Gasteiger partial charge in [-0.3, -0.25) is 23.9 Å². The van der Waals surface area contributed by atoms with Crippen molar-refractivity contribution in [3.05, 3.63) is 101 Å². The first-order chi connectivity index (χ1) is 39.0. The van der Waals surface area contributed by atoms with E-state index < -0.39 is 69.0 Å². The van der Waals surface area contributed by atoms with E-state index in [0.29, 0.717) is 45.7 Å². The Morgan fingerprint density at radius 3 is 2.27 bits per heavy atom. The topological polar surface area (TPSA) is 270 Å². The number of aryl methyl sites for hydroxylation is 1. The van der Waals surface area contributed by atoms with Gasteiger partial charge in [-0.25, -0.2) is 23.1 Å². The van der Waals surface area contributed by atoms with Crippen LogP contribution in [0.1, 0.15) is 137 Å². The first-order valence-electron chi connectivity index (χ1n) is 28.4. The lowest BCUT2D eigenvalue weighted by Gasteiger charge is -2.56. The number of thiazole rings is 1. The van der Waals surface area contributed by atoms with Gasteiger partial charge >= 0.3 is 0 Å². The fraction of sp³-hybridized carbons (Fsp3) is 0.500. The highest BCUT2D eigenvalue weighted by Gasteiger charge is 2.51. The summed E-state index contributed by atoms with van der Waals surface area (Å²) in [6.45, 7) is 11.8. The largest absolute Gasteiger partial charge is 0.391 e. The summed E-state index contributed by atoms with van der Waals surface area (Å²) in [7, 11) is -2.47. The Kier molecular flexibility index (Phi) is 16.6. The summed E-state index contributed by atoms with van der Waals surface area (Å²) < 4.78 is 33.0. The van der Waals surface area contributed by atoms with E-state index in [1.54, 1.807) is 82.2 Å². The maximum absolute atomic E-state index is 14.5. The van der Waals surface area contributed by atoms with Crippen LogP contribution in [-0.2, 0) is 31.0 Å². The molecule has 4 saturated carbocycles. The van der Waals surface area contributed by atoms with Crippen LogP contribution in [0.25, 0.3) is 21.3 Å². The molecule has 1 saturated heterocycles. The minimum Gasteiger partial charge on any atom is -0.391 e. The Labute approximate surface area is 482 Å². The second-order valence-electron chi connectivity index (χ2n) is 24.5. The Hall–Kier alpha value is -7.35. The molecule has 0 radical (unpaired) electrons. The van der Waals surface area contributed by atoms with Crippen molar-refractivity contribution in [2.75, 3.05) is 29.6 Å². The number of pyridine rings is 1. The molecule has 5 aliphatic rings. The van der Waals surface area contributed by atoms with Gasteiger partial charge in [0.25, 0.3) is 5.91 Å². The lowest BCUT2D eigenvalue weighted by molar-refractivity contribution is -0.144. The molecular weight excluding hydrogens is 1080 g/mol. The number of hydrogen-bond acceptors (Lipinski definition) is 16. The van der Waals surface area contributed by atoms with Crippen LogP contribution < -0.4 is 25.6 Å². The number of aromatic nitrogens is 6. The van der Waals surface area contributed by atoms with Gasteiger partial charge in [-0.2, -0.15) is 10.4 Å². The zero-order valence-electron chi connectivity index (χ0n) is 47.6. The number of sulfonamides is 1. The Morgan fingerprint density at radius 2 is 1.60 bits per heavy atom. The van der Waals surface area contributed by atoms with Gasteiger partial charge in [-0.1, -0.05) is 62.8 Å². The number of carbonyl (C=O) groups excluding carboxylic acids is 4. The molecule has 4 atom stereocenters. The van der Waals surface area contributed by atoms with E-state index in [1.165, 1.54) is 54.8 Å². The van der Waals surface area contributed by atoms with Gasteiger partial charge < -0.3 is 30.9 Å². The van der Waals surface area contributed by atoms with Crippen molar-refractivity contribution in [3.8, 4) is 17.2 Å². The molecular formula is C60H73N13O7S2. The second-order valence-corrected chi connectivity index (χ2v) is 27.3. The van der Waals surface area contributed by atoms with Crippen molar-refractivity contribution >= 4 is 77.8 Å². The number of para-hydroxylation sites is 1. The molecule has 82 heavy (non-hydrogen) atoms. The predicted molar refractivity (Wildman–Crippen MR) is 313 cm³/mol. The summed E-state index contributed by atoms with van der Waals surface area (Å²) in [6, 6.07) is 19.6. The molecule has 4 bridgehead atoms. The molecule has 0 spiro atoms. The molecule has 432 valence electrons. The SMILES string of the molecule is Cc1cc(N(C)c2ccc(-c3cnn(CC45CC6CC(CC(C6)C4)C5)c3C)c(C(=O)NS(=O)(=O)CCCCCC(=O)N[C@H](C(=O)N3C[C@H](O)C[C@H]3C(=O)N[C@@H](C)c3ccc(C#N)cc3)C(C)(C)C)n2)nnc1Nc1nc2ccccc2s1. The number of benzene rings is 2. The number of nitriles is 1. The van der Waals surface area contributed by atoms with Gasteiger partial charge in [0, 0.05) is 49.8 Å². The van der Waals surface area contributed by atoms with Crippen molar-refractivity contribution in [2.24, 2.45) is 28.6 Å². The summed E-state index contributed by atoms with van der Waals surface area (Å²) in [5.41, 5.74) is 4.19. The maximum Gasteiger partial charge on any atom is 0.284 e. The van der Waals surface area contributed by atoms with E-state index in [4.69, 9.17) is 10.1 Å². The van der Waals surface area contributed by atoms with E-state index in [2.05, 4.69) is 46.6 Å². The first-order valence-corrected chi connectivity index (χ1v) is 30.9. The normalized spacial score (nSPS) is 21.9. The Balaban J connectivity index is 0.789. The summed E-state index contributed by atoms with van der Waals surface area (Å²) >= 11 is 1.51. The summed E-state index contributed by atoms with van der Waals surface area (Å²) in [4.78, 5) is 68.3. The highest BCUT2D eigenvalue weighted by molar-refractivity contribution is 7.90. The summed E-state index contributed by atoms with van der Waals surface area (Å²) in [6.07, 6.45) is 9.12. The van der Waals surface area contributed by atoms with E-state index in [9.17, 15) is 38.0 Å². The molecule has 22 heteroatoms. The summed E-state index contributed by atoms with van der Waals surface area (Å²) in [5.74, 6) is 0.894. The molecule has 5 N–H and O–H groups in total. The van der Waals surface area contributed by atoms with Crippen molar-refractivity contribution < 1.29 is 32.7 Å². The number of hydrogen-bond donors (Lipinski definition) is 5. The van der Waals surface area contributed by atoms with Crippen LogP contribution in [0.2, 0.25) is 0 Å². The molecule has 6 aromatic rings. The van der Waals surface area contributed by atoms with Crippen molar-refractivity contribution in [3.63, 3.8) is 0 Å². The van der Waals surface area contributed by atoms with Gasteiger partial charge in [-0.15, -0.1) is 10.2 Å². The first kappa shape index (κ1) is 57.9. The fourth-order valence-electron chi connectivity index (χ4n) is 13.2. The van der Waals surface area contributed by atoms with Crippen LogP contribution in [0.15, 0.2) is 72.9 Å². The van der Waals surface area contributed by atoms with Crippen molar-refractivity contribution in [1.29, 1.82) is 5.26 Å². The van der Waals surface area contributed by atoms with Crippen LogP contribution in [0, 0.1) is 53.8 Å². The van der Waals surface area contributed by atoms with Crippen LogP contribution in [-0.4, -0.2) is 110 Å². The zero-order valence-corrected chi connectivity index (χ0v) is 49.2. The van der Waals surface area contributed by atoms with Gasteiger partial charge in [0.05, 0.1) is 45.9 Å². The van der Waals surface area contributed by atoms with Gasteiger partial charge in [0.2, 0.25) is 27.7 Å². The maximum atomic E-state index is 14.5. The molecule has 0 unspecified atom stereocenters. The lowest BCUT2D eigenvalue weighted by Crippen LogP contribution is -2.57. The number of nitrogens with zero attached hydrogens (tertiary/aromatic N) is 9. The van der Waals surface area contributed by atoms with Gasteiger partial charge in [0.15, 0.2) is 16.8 Å². The monoisotopic (exact) mass is 1150 g/mol. The number of amides is 4. The highest BCUT2D eigenvalue weighted by atomic mass is 32.2. The number of unbranched alkanes of at least 4 members (excludes halogenated alkanes) is 2. The highest BCUT2D eigenvalue weighted by Crippen LogP contribution is 2.60. The minimum atomic E-state index is -4.22. The molecule has 20 nitrogen and oxygen atoms in total. The van der Waals surface area contributed by atoms with Crippen molar-refractivity contribution in [1.82, 2.24) is 50.2 Å². The number of aliphatic hydroxyl groups is 1. The quantitative estimate of drug-likeness (QED) is 0.0448. The number of fused-ring (bicyclic) bond motifs is 1. The standard InChI is InChI=1S/C60H73N13O7S2/c1-35-23-50(68-69-54(35)67-58-64-46-13-10-11-14-48(46)81-58)71(7)49-21-20-44(45-32-62-73(37(45)3)34-60-28-39-24-40(29-60)26-41(25-39)30-60)52(65-49)56(77)70-82(79,80)22-12-8-9-15-51(75)66-53(59(4,5)6)57(78)72-33-43(74)27-47(72)55(76)63-36(2)42-18-16-38(31-61)17-19-42/h10-11,13-14,16-21,23,32,36,39-41,43,47,53,74H,8-9,12,15,22,24-30,33-34H2,1-7H3,(H,63,76)(H,66,75)(H,70,77)(H,64,67,69)/t36-,39?,40?,41?,43+,47-,53+,60?/m0/s1. The number of carbonyl (C=O) groups is 4. The van der Waals surface area contributed by atoms with Gasteiger partial charge in [0.1, 0.15) is 23.6 Å². The van der Waals surface area contributed by atoms with Crippen LogP contribution >= 0.6 is 11.3 Å². The zero-order chi connectivity index (χ0) is 58.3. The summed E-state index contributed by atoms with van der Waals surface area (Å²) in [5, 5.41) is 43.5. The molecule has 4 aromatic heterocycles. The molecule has 4 amide bonds.